The highest BCUT2D eigenvalue weighted by Gasteiger charge is 2.33. The maximum absolute atomic E-state index is 12.9. The van der Waals surface area contributed by atoms with Crippen molar-refractivity contribution < 1.29 is 13.2 Å². The molecule has 2 aliphatic rings. The number of hydrogen-bond acceptors (Lipinski definition) is 5. The van der Waals surface area contributed by atoms with Gasteiger partial charge in [0.1, 0.15) is 5.82 Å². The molecule has 0 spiro atoms. The van der Waals surface area contributed by atoms with Crippen LogP contribution in [0.1, 0.15) is 36.1 Å². The SMILES string of the molecule is CN1CCC(Nc2cccc(C3=NN=C(c4ccc(C(F)(F)F)c(Cl)c4)C3)n2)CC1. The Morgan fingerprint density at radius 2 is 1.80 bits per heavy atom. The van der Waals surface area contributed by atoms with Gasteiger partial charge in [-0.25, -0.2) is 4.98 Å². The first-order valence-electron chi connectivity index (χ1n) is 9.72. The van der Waals surface area contributed by atoms with Crippen LogP contribution < -0.4 is 5.32 Å². The minimum absolute atomic E-state index is 0.349. The van der Waals surface area contributed by atoms with Crippen LogP contribution in [0.5, 0.6) is 0 Å². The Morgan fingerprint density at radius 3 is 2.50 bits per heavy atom. The predicted molar refractivity (Wildman–Crippen MR) is 113 cm³/mol. The Labute approximate surface area is 177 Å². The summed E-state index contributed by atoms with van der Waals surface area (Å²) in [6.45, 7) is 2.11. The van der Waals surface area contributed by atoms with Gasteiger partial charge in [-0.2, -0.15) is 23.4 Å². The molecule has 2 aliphatic heterocycles. The van der Waals surface area contributed by atoms with Crippen molar-refractivity contribution in [2.75, 3.05) is 25.5 Å². The first kappa shape index (κ1) is 20.8. The molecule has 9 heteroatoms. The van der Waals surface area contributed by atoms with Crippen molar-refractivity contribution in [1.29, 1.82) is 0 Å². The third kappa shape index (κ3) is 4.65. The van der Waals surface area contributed by atoms with E-state index in [1.54, 1.807) is 0 Å². The molecule has 0 radical (unpaired) electrons. The molecule has 1 N–H and O–H groups in total. The number of nitrogens with zero attached hydrogens (tertiary/aromatic N) is 4. The number of benzene rings is 1. The molecule has 1 aromatic carbocycles. The van der Waals surface area contributed by atoms with Crippen molar-refractivity contribution in [3.8, 4) is 0 Å². The molecule has 4 rings (SSSR count). The number of pyridine rings is 1. The molecule has 2 aromatic rings. The fraction of sp³-hybridized carbons (Fsp3) is 0.381. The number of nitrogens with one attached hydrogen (secondary N) is 1. The van der Waals surface area contributed by atoms with E-state index in [1.807, 2.05) is 18.2 Å². The average molecular weight is 436 g/mol. The summed E-state index contributed by atoms with van der Waals surface area (Å²) in [4.78, 5) is 6.96. The molecule has 0 unspecified atom stereocenters. The Bertz CT molecular complexity index is 994. The lowest BCUT2D eigenvalue weighted by Crippen LogP contribution is -2.36. The van der Waals surface area contributed by atoms with Crippen molar-refractivity contribution >= 4 is 28.8 Å². The van der Waals surface area contributed by atoms with Gasteiger partial charge in [-0.3, -0.25) is 0 Å². The number of aromatic nitrogens is 1. The number of anilines is 1. The lowest BCUT2D eigenvalue weighted by Gasteiger charge is -2.29. The third-order valence-electron chi connectivity index (χ3n) is 5.35. The molecule has 0 amide bonds. The van der Waals surface area contributed by atoms with Crippen LogP contribution in [0.15, 0.2) is 46.6 Å². The molecule has 0 saturated carbocycles. The molecule has 1 saturated heterocycles. The van der Waals surface area contributed by atoms with Crippen LogP contribution in [-0.4, -0.2) is 47.5 Å². The highest BCUT2D eigenvalue weighted by atomic mass is 35.5. The maximum atomic E-state index is 12.9. The number of halogens is 4. The standard InChI is InChI=1S/C21H21ClF3N5/c1-30-9-7-14(8-10-30)26-20-4-2-3-17(27-20)19-12-18(28-29-19)13-5-6-15(16(22)11-13)21(23,24)25/h2-6,11,14H,7-10,12H2,1H3,(H,26,27). The summed E-state index contributed by atoms with van der Waals surface area (Å²) in [5.41, 5.74) is 1.60. The van der Waals surface area contributed by atoms with Crippen LogP contribution in [0.4, 0.5) is 19.0 Å². The molecule has 5 nitrogen and oxygen atoms in total. The Kier molecular flexibility index (Phi) is 5.79. The van der Waals surface area contributed by atoms with Gasteiger partial charge >= 0.3 is 6.18 Å². The lowest BCUT2D eigenvalue weighted by atomic mass is 10.0. The highest BCUT2D eigenvalue weighted by molar-refractivity contribution is 6.32. The molecule has 1 fully saturated rings. The van der Waals surface area contributed by atoms with Crippen LogP contribution >= 0.6 is 11.6 Å². The van der Waals surface area contributed by atoms with Gasteiger partial charge in [0.25, 0.3) is 0 Å². The maximum Gasteiger partial charge on any atom is 0.417 e. The van der Waals surface area contributed by atoms with E-state index in [1.165, 1.54) is 12.1 Å². The first-order valence-corrected chi connectivity index (χ1v) is 10.1. The quantitative estimate of drug-likeness (QED) is 0.746. The van der Waals surface area contributed by atoms with Gasteiger partial charge in [0.2, 0.25) is 0 Å². The monoisotopic (exact) mass is 435 g/mol. The normalized spacial score (nSPS) is 18.3. The lowest BCUT2D eigenvalue weighted by molar-refractivity contribution is -0.137. The second kappa shape index (κ2) is 8.35. The van der Waals surface area contributed by atoms with E-state index in [4.69, 9.17) is 11.6 Å². The zero-order chi connectivity index (χ0) is 21.3. The van der Waals surface area contributed by atoms with Gasteiger partial charge in [-0.1, -0.05) is 23.7 Å². The van der Waals surface area contributed by atoms with Crippen molar-refractivity contribution in [3.63, 3.8) is 0 Å². The second-order valence-corrected chi connectivity index (χ2v) is 8.00. The number of rotatable bonds is 4. The fourth-order valence-electron chi connectivity index (χ4n) is 3.61. The van der Waals surface area contributed by atoms with Gasteiger partial charge in [-0.05, 0) is 62.8 Å². The van der Waals surface area contributed by atoms with Gasteiger partial charge < -0.3 is 10.2 Å². The van der Waals surface area contributed by atoms with E-state index in [0.29, 0.717) is 35.1 Å². The van der Waals surface area contributed by atoms with Crippen molar-refractivity contribution in [2.45, 2.75) is 31.5 Å². The number of hydrogen-bond donors (Lipinski definition) is 1. The Morgan fingerprint density at radius 1 is 1.07 bits per heavy atom. The average Bonchev–Trinajstić information content (AvgIpc) is 3.19. The van der Waals surface area contributed by atoms with Crippen molar-refractivity contribution in [3.05, 3.63) is 58.2 Å². The molecular formula is C21H21ClF3N5. The smallest absolute Gasteiger partial charge is 0.367 e. The first-order chi connectivity index (χ1) is 14.3. The van der Waals surface area contributed by atoms with E-state index in [2.05, 4.69) is 32.5 Å². The van der Waals surface area contributed by atoms with Gasteiger partial charge in [-0.15, -0.1) is 0 Å². The number of alkyl halides is 3. The van der Waals surface area contributed by atoms with E-state index < -0.39 is 11.7 Å². The van der Waals surface area contributed by atoms with Gasteiger partial charge in [0.15, 0.2) is 0 Å². The molecule has 3 heterocycles. The Hall–Kier alpha value is -2.45. The largest absolute Gasteiger partial charge is 0.417 e. The fourth-order valence-corrected chi connectivity index (χ4v) is 3.90. The minimum atomic E-state index is -4.49. The van der Waals surface area contributed by atoms with Gasteiger partial charge in [0, 0.05) is 12.5 Å². The van der Waals surface area contributed by atoms with Crippen LogP contribution in [0.25, 0.3) is 0 Å². The molecule has 158 valence electrons. The summed E-state index contributed by atoms with van der Waals surface area (Å²) >= 11 is 5.83. The molecule has 0 aliphatic carbocycles. The van der Waals surface area contributed by atoms with Crippen molar-refractivity contribution in [1.82, 2.24) is 9.88 Å². The van der Waals surface area contributed by atoms with Crippen molar-refractivity contribution in [2.24, 2.45) is 10.2 Å². The predicted octanol–water partition coefficient (Wildman–Crippen LogP) is 4.86. The third-order valence-corrected chi connectivity index (χ3v) is 5.66. The van der Waals surface area contributed by atoms with Crippen LogP contribution in [-0.2, 0) is 6.18 Å². The topological polar surface area (TPSA) is 52.9 Å². The summed E-state index contributed by atoms with van der Waals surface area (Å²) in [5, 5.41) is 11.5. The summed E-state index contributed by atoms with van der Waals surface area (Å²) in [6, 6.07) is 9.71. The van der Waals surface area contributed by atoms with E-state index in [9.17, 15) is 13.2 Å². The zero-order valence-corrected chi connectivity index (χ0v) is 17.1. The molecule has 30 heavy (non-hydrogen) atoms. The number of piperidine rings is 1. The van der Waals surface area contributed by atoms with Gasteiger partial charge in [0.05, 0.1) is 27.7 Å². The molecule has 1 aromatic heterocycles. The Balaban J connectivity index is 1.43. The number of likely N-dealkylation sites (tertiary alicyclic amines) is 1. The summed E-state index contributed by atoms with van der Waals surface area (Å²) < 4.78 is 38.7. The minimum Gasteiger partial charge on any atom is -0.367 e. The van der Waals surface area contributed by atoms with Crippen LogP contribution in [0.2, 0.25) is 5.02 Å². The van der Waals surface area contributed by atoms with E-state index >= 15 is 0 Å². The zero-order valence-electron chi connectivity index (χ0n) is 16.4. The second-order valence-electron chi connectivity index (χ2n) is 7.59. The van der Waals surface area contributed by atoms with E-state index in [-0.39, 0.29) is 5.02 Å². The summed E-state index contributed by atoms with van der Waals surface area (Å²) in [6.07, 6.45) is -1.98. The van der Waals surface area contributed by atoms with Crippen LogP contribution in [0.3, 0.4) is 0 Å². The molecule has 0 bridgehead atoms. The van der Waals surface area contributed by atoms with E-state index in [0.717, 1.165) is 37.8 Å². The highest BCUT2D eigenvalue weighted by Crippen LogP contribution is 2.35. The van der Waals surface area contributed by atoms with Crippen LogP contribution in [0, 0.1) is 0 Å². The molecular weight excluding hydrogens is 415 g/mol. The summed E-state index contributed by atoms with van der Waals surface area (Å²) in [7, 11) is 2.12. The summed E-state index contributed by atoms with van der Waals surface area (Å²) in [5.74, 6) is 0.788. The molecule has 0 atom stereocenters.